The van der Waals surface area contributed by atoms with Crippen LogP contribution in [-0.2, 0) is 0 Å². The Morgan fingerprint density at radius 2 is 2.08 bits per heavy atom. The minimum Gasteiger partial charge on any atom is -0.385 e. The molecule has 1 rings (SSSR count). The lowest BCUT2D eigenvalue weighted by Crippen LogP contribution is -1.96. The Labute approximate surface area is 88.1 Å². The highest BCUT2D eigenvalue weighted by Gasteiger charge is 1.94. The van der Waals surface area contributed by atoms with Crippen LogP contribution in [0.3, 0.4) is 0 Å². The highest BCUT2D eigenvalue weighted by atomic mass is 79.9. The van der Waals surface area contributed by atoms with Gasteiger partial charge in [0.25, 0.3) is 0 Å². The maximum absolute atomic E-state index is 3.45. The van der Waals surface area contributed by atoms with Crippen molar-refractivity contribution in [2.75, 3.05) is 11.9 Å². The molecule has 0 bridgehead atoms. The molecule has 3 heteroatoms. The van der Waals surface area contributed by atoms with E-state index in [1.54, 1.807) is 0 Å². The van der Waals surface area contributed by atoms with Gasteiger partial charge in [-0.2, -0.15) is 0 Å². The third-order valence-corrected chi connectivity index (χ3v) is 2.43. The average molecular weight is 251 g/mol. The predicted octanol–water partition coefficient (Wildman–Crippen LogP) is 3.61. The maximum Gasteiger partial charge on any atom is 0.0343 e. The standard InChI is InChI=1S/C9H12BrN.ClH/c1-3-11-8-4-5-9(10)7(2)6-8;/h4-6,11H,3H2,1-2H3;1H. The zero-order chi connectivity index (χ0) is 8.27. The van der Waals surface area contributed by atoms with Gasteiger partial charge in [0.2, 0.25) is 0 Å². The molecule has 0 heterocycles. The molecule has 0 spiro atoms. The molecule has 0 atom stereocenters. The second-order valence-electron chi connectivity index (χ2n) is 2.49. The normalized spacial score (nSPS) is 8.92. The lowest BCUT2D eigenvalue weighted by atomic mass is 10.2. The van der Waals surface area contributed by atoms with E-state index in [9.17, 15) is 0 Å². The van der Waals surface area contributed by atoms with E-state index in [-0.39, 0.29) is 12.4 Å². The van der Waals surface area contributed by atoms with E-state index < -0.39 is 0 Å². The first kappa shape index (κ1) is 11.8. The molecule has 0 unspecified atom stereocenters. The Hall–Kier alpha value is -0.210. The van der Waals surface area contributed by atoms with E-state index in [1.165, 1.54) is 15.7 Å². The minimum atomic E-state index is 0. The first-order chi connectivity index (χ1) is 5.24. The molecule has 0 amide bonds. The van der Waals surface area contributed by atoms with Gasteiger partial charge in [0.1, 0.15) is 0 Å². The van der Waals surface area contributed by atoms with Crippen molar-refractivity contribution in [3.05, 3.63) is 28.2 Å². The lowest BCUT2D eigenvalue weighted by Gasteiger charge is -2.04. The van der Waals surface area contributed by atoms with Crippen LogP contribution in [0.2, 0.25) is 0 Å². The Balaban J connectivity index is 0.00000121. The first-order valence-corrected chi connectivity index (χ1v) is 4.53. The lowest BCUT2D eigenvalue weighted by molar-refractivity contribution is 1.21. The van der Waals surface area contributed by atoms with Gasteiger partial charge in [0, 0.05) is 16.7 Å². The summed E-state index contributed by atoms with van der Waals surface area (Å²) in [5.41, 5.74) is 2.46. The van der Waals surface area contributed by atoms with Gasteiger partial charge in [-0.25, -0.2) is 0 Å². The molecule has 0 aliphatic rings. The van der Waals surface area contributed by atoms with E-state index in [1.807, 2.05) is 0 Å². The van der Waals surface area contributed by atoms with Gasteiger partial charge in [0.15, 0.2) is 0 Å². The predicted molar refractivity (Wildman–Crippen MR) is 60.3 cm³/mol. The number of anilines is 1. The molecule has 0 radical (unpaired) electrons. The molecule has 12 heavy (non-hydrogen) atoms. The van der Waals surface area contributed by atoms with E-state index in [0.29, 0.717) is 0 Å². The zero-order valence-electron chi connectivity index (χ0n) is 7.23. The fraction of sp³-hybridized carbons (Fsp3) is 0.333. The third-order valence-electron chi connectivity index (χ3n) is 1.54. The summed E-state index contributed by atoms with van der Waals surface area (Å²) in [7, 11) is 0. The molecule has 0 fully saturated rings. The molecule has 1 nitrogen and oxygen atoms in total. The summed E-state index contributed by atoms with van der Waals surface area (Å²) in [4.78, 5) is 0. The van der Waals surface area contributed by atoms with E-state index in [0.717, 1.165) is 6.54 Å². The maximum atomic E-state index is 3.45. The fourth-order valence-corrected chi connectivity index (χ4v) is 1.21. The van der Waals surface area contributed by atoms with E-state index in [4.69, 9.17) is 0 Å². The Bertz CT molecular complexity index is 250. The summed E-state index contributed by atoms with van der Waals surface area (Å²) in [5.74, 6) is 0. The fourth-order valence-electron chi connectivity index (χ4n) is 0.959. The second kappa shape index (κ2) is 5.44. The second-order valence-corrected chi connectivity index (χ2v) is 3.35. The number of hydrogen-bond acceptors (Lipinski definition) is 1. The van der Waals surface area contributed by atoms with Crippen LogP contribution >= 0.6 is 28.3 Å². The van der Waals surface area contributed by atoms with Gasteiger partial charge in [-0.3, -0.25) is 0 Å². The molecule has 68 valence electrons. The van der Waals surface area contributed by atoms with Gasteiger partial charge in [-0.15, -0.1) is 12.4 Å². The smallest absolute Gasteiger partial charge is 0.0343 e. The van der Waals surface area contributed by atoms with Crippen molar-refractivity contribution in [2.24, 2.45) is 0 Å². The number of nitrogens with one attached hydrogen (secondary N) is 1. The highest BCUT2D eigenvalue weighted by molar-refractivity contribution is 9.10. The van der Waals surface area contributed by atoms with Crippen LogP contribution in [0.5, 0.6) is 0 Å². The Morgan fingerprint density at radius 1 is 1.42 bits per heavy atom. The molecular weight excluding hydrogens is 237 g/mol. The van der Waals surface area contributed by atoms with Crippen LogP contribution in [-0.4, -0.2) is 6.54 Å². The number of hydrogen-bond donors (Lipinski definition) is 1. The monoisotopic (exact) mass is 249 g/mol. The molecular formula is C9H13BrClN. The summed E-state index contributed by atoms with van der Waals surface area (Å²) in [6, 6.07) is 6.27. The van der Waals surface area contributed by atoms with Gasteiger partial charge < -0.3 is 5.32 Å². The van der Waals surface area contributed by atoms with Crippen molar-refractivity contribution in [2.45, 2.75) is 13.8 Å². The minimum absolute atomic E-state index is 0. The third kappa shape index (κ3) is 3.03. The summed E-state index contributed by atoms with van der Waals surface area (Å²) in [6.45, 7) is 5.16. The van der Waals surface area contributed by atoms with Crippen LogP contribution in [0.15, 0.2) is 22.7 Å². The van der Waals surface area contributed by atoms with Crippen molar-refractivity contribution in [3.8, 4) is 0 Å². The molecule has 1 N–H and O–H groups in total. The molecule has 0 aromatic heterocycles. The van der Waals surface area contributed by atoms with Gasteiger partial charge in [-0.1, -0.05) is 15.9 Å². The van der Waals surface area contributed by atoms with Crippen LogP contribution in [0.25, 0.3) is 0 Å². The van der Waals surface area contributed by atoms with Gasteiger partial charge >= 0.3 is 0 Å². The quantitative estimate of drug-likeness (QED) is 0.845. The SMILES string of the molecule is CCNc1ccc(Br)c(C)c1.Cl. The van der Waals surface area contributed by atoms with Crippen molar-refractivity contribution in [3.63, 3.8) is 0 Å². The van der Waals surface area contributed by atoms with Crippen molar-refractivity contribution in [1.29, 1.82) is 0 Å². The van der Waals surface area contributed by atoms with Crippen molar-refractivity contribution < 1.29 is 0 Å². The molecule has 1 aromatic carbocycles. The topological polar surface area (TPSA) is 12.0 Å². The van der Waals surface area contributed by atoms with E-state index in [2.05, 4.69) is 53.3 Å². The molecule has 0 saturated heterocycles. The van der Waals surface area contributed by atoms with Crippen LogP contribution in [0.4, 0.5) is 5.69 Å². The van der Waals surface area contributed by atoms with Crippen molar-refractivity contribution in [1.82, 2.24) is 0 Å². The molecule has 0 saturated carbocycles. The number of rotatable bonds is 2. The number of benzene rings is 1. The van der Waals surface area contributed by atoms with Gasteiger partial charge in [-0.05, 0) is 37.6 Å². The Morgan fingerprint density at radius 3 is 2.58 bits per heavy atom. The van der Waals surface area contributed by atoms with Crippen molar-refractivity contribution >= 4 is 34.0 Å². The first-order valence-electron chi connectivity index (χ1n) is 3.74. The summed E-state index contributed by atoms with van der Waals surface area (Å²) < 4.78 is 1.17. The van der Waals surface area contributed by atoms with Crippen LogP contribution < -0.4 is 5.32 Å². The van der Waals surface area contributed by atoms with Crippen LogP contribution in [0, 0.1) is 6.92 Å². The van der Waals surface area contributed by atoms with Gasteiger partial charge in [0.05, 0.1) is 0 Å². The Kier molecular flexibility index (Phi) is 5.34. The molecule has 0 aliphatic carbocycles. The highest BCUT2D eigenvalue weighted by Crippen LogP contribution is 2.19. The van der Waals surface area contributed by atoms with Crippen LogP contribution in [0.1, 0.15) is 12.5 Å². The molecule has 1 aromatic rings. The van der Waals surface area contributed by atoms with E-state index >= 15 is 0 Å². The summed E-state index contributed by atoms with van der Waals surface area (Å²) >= 11 is 3.45. The molecule has 0 aliphatic heterocycles. The number of aryl methyl sites for hydroxylation is 1. The zero-order valence-corrected chi connectivity index (χ0v) is 9.63. The average Bonchev–Trinajstić information content (AvgIpc) is 1.98. The summed E-state index contributed by atoms with van der Waals surface area (Å²) in [6.07, 6.45) is 0. The summed E-state index contributed by atoms with van der Waals surface area (Å²) in [5, 5.41) is 3.25. The largest absolute Gasteiger partial charge is 0.385 e. The number of halogens is 2.